The Morgan fingerprint density at radius 2 is 1.70 bits per heavy atom. The molecule has 1 unspecified atom stereocenters. The Kier molecular flexibility index (Phi) is 4.58. The van der Waals surface area contributed by atoms with Gasteiger partial charge in [-0.15, -0.1) is 0 Å². The van der Waals surface area contributed by atoms with Crippen molar-refractivity contribution in [3.63, 3.8) is 0 Å². The Labute approximate surface area is 122 Å². The highest BCUT2D eigenvalue weighted by Crippen LogP contribution is 2.26. The van der Waals surface area contributed by atoms with Gasteiger partial charge in [0.15, 0.2) is 0 Å². The third-order valence-corrected chi connectivity index (χ3v) is 5.17. The molecular weight excluding hydrogens is 252 g/mol. The smallest absolute Gasteiger partial charge is 0.240 e. The fourth-order valence-electron chi connectivity index (χ4n) is 3.87. The van der Waals surface area contributed by atoms with Crippen LogP contribution >= 0.6 is 0 Å². The average molecular weight is 280 g/mol. The highest BCUT2D eigenvalue weighted by atomic mass is 16.2. The van der Waals surface area contributed by atoms with Crippen LogP contribution < -0.4 is 5.32 Å². The van der Waals surface area contributed by atoms with Gasteiger partial charge in [0.05, 0.1) is 6.04 Å². The predicted molar refractivity (Wildman–Crippen MR) is 79.7 cm³/mol. The number of likely N-dealkylation sites (N-methyl/N-ethyl adjacent to an activating group) is 1. The van der Waals surface area contributed by atoms with E-state index in [2.05, 4.69) is 27.1 Å². The standard InChI is InChI=1S/C15H28N4O/c1-17-9-11-18(12-10-17)15(20)14-3-2-8-19(14)13-4-6-16-7-5-13/h13-14,16H,2-12H2,1H3. The maximum Gasteiger partial charge on any atom is 0.240 e. The number of nitrogens with zero attached hydrogens (tertiary/aromatic N) is 3. The van der Waals surface area contributed by atoms with Gasteiger partial charge in [-0.3, -0.25) is 9.69 Å². The molecule has 3 fully saturated rings. The van der Waals surface area contributed by atoms with Crippen LogP contribution in [0.4, 0.5) is 0 Å². The molecule has 0 spiro atoms. The molecule has 1 amide bonds. The van der Waals surface area contributed by atoms with Crippen molar-refractivity contribution in [3.8, 4) is 0 Å². The normalized spacial score (nSPS) is 30.9. The molecule has 5 heteroatoms. The first-order valence-electron chi connectivity index (χ1n) is 8.19. The number of hydrogen-bond donors (Lipinski definition) is 1. The lowest BCUT2D eigenvalue weighted by Gasteiger charge is -2.39. The Morgan fingerprint density at radius 3 is 2.40 bits per heavy atom. The van der Waals surface area contributed by atoms with Gasteiger partial charge in [0, 0.05) is 32.2 Å². The van der Waals surface area contributed by atoms with Crippen molar-refractivity contribution in [2.75, 3.05) is 52.9 Å². The summed E-state index contributed by atoms with van der Waals surface area (Å²) in [6, 6.07) is 0.793. The number of likely N-dealkylation sites (tertiary alicyclic amines) is 1. The molecule has 1 N–H and O–H groups in total. The summed E-state index contributed by atoms with van der Waals surface area (Å²) in [4.78, 5) is 19.7. The number of carbonyl (C=O) groups is 1. The van der Waals surface area contributed by atoms with E-state index < -0.39 is 0 Å². The van der Waals surface area contributed by atoms with Gasteiger partial charge in [0.25, 0.3) is 0 Å². The number of carbonyl (C=O) groups excluding carboxylic acids is 1. The Bertz CT molecular complexity index is 335. The van der Waals surface area contributed by atoms with Crippen LogP contribution in [-0.2, 0) is 4.79 Å². The second-order valence-electron chi connectivity index (χ2n) is 6.51. The van der Waals surface area contributed by atoms with E-state index in [0.717, 1.165) is 52.2 Å². The number of rotatable bonds is 2. The van der Waals surface area contributed by atoms with E-state index in [1.165, 1.54) is 19.3 Å². The lowest BCUT2D eigenvalue weighted by atomic mass is 10.0. The third kappa shape index (κ3) is 3.00. The van der Waals surface area contributed by atoms with Crippen molar-refractivity contribution in [1.29, 1.82) is 0 Å². The molecule has 20 heavy (non-hydrogen) atoms. The second-order valence-corrected chi connectivity index (χ2v) is 6.51. The molecule has 3 heterocycles. The fraction of sp³-hybridized carbons (Fsp3) is 0.933. The Morgan fingerprint density at radius 1 is 1.00 bits per heavy atom. The molecule has 1 atom stereocenters. The van der Waals surface area contributed by atoms with E-state index >= 15 is 0 Å². The highest BCUT2D eigenvalue weighted by molar-refractivity contribution is 5.82. The Balaban J connectivity index is 1.60. The van der Waals surface area contributed by atoms with Gasteiger partial charge in [0.2, 0.25) is 5.91 Å². The van der Waals surface area contributed by atoms with E-state index in [0.29, 0.717) is 11.9 Å². The van der Waals surface area contributed by atoms with Crippen molar-refractivity contribution in [2.24, 2.45) is 0 Å². The monoisotopic (exact) mass is 280 g/mol. The number of piperazine rings is 1. The van der Waals surface area contributed by atoms with Crippen LogP contribution in [0.3, 0.4) is 0 Å². The second kappa shape index (κ2) is 6.41. The molecule has 3 rings (SSSR count). The average Bonchev–Trinajstić information content (AvgIpc) is 2.97. The van der Waals surface area contributed by atoms with Crippen molar-refractivity contribution < 1.29 is 4.79 Å². The first kappa shape index (κ1) is 14.3. The van der Waals surface area contributed by atoms with Crippen molar-refractivity contribution in [3.05, 3.63) is 0 Å². The lowest BCUT2D eigenvalue weighted by molar-refractivity contribution is -0.138. The molecule has 3 aliphatic heterocycles. The van der Waals surface area contributed by atoms with E-state index in [-0.39, 0.29) is 6.04 Å². The van der Waals surface area contributed by atoms with E-state index in [1.807, 2.05) is 0 Å². The number of hydrogen-bond acceptors (Lipinski definition) is 4. The minimum atomic E-state index is 0.168. The maximum atomic E-state index is 12.8. The summed E-state index contributed by atoms with van der Waals surface area (Å²) in [5.41, 5.74) is 0. The summed E-state index contributed by atoms with van der Waals surface area (Å²) in [5.74, 6) is 0.397. The van der Waals surface area contributed by atoms with Crippen LogP contribution in [-0.4, -0.2) is 85.6 Å². The van der Waals surface area contributed by atoms with Gasteiger partial charge in [-0.05, 0) is 52.4 Å². The molecule has 0 bridgehead atoms. The van der Waals surface area contributed by atoms with Gasteiger partial charge in [-0.25, -0.2) is 0 Å². The third-order valence-electron chi connectivity index (χ3n) is 5.17. The van der Waals surface area contributed by atoms with E-state index in [1.54, 1.807) is 0 Å². The molecule has 0 aromatic heterocycles. The molecule has 0 aliphatic carbocycles. The van der Waals surface area contributed by atoms with Gasteiger partial charge in [-0.1, -0.05) is 0 Å². The minimum absolute atomic E-state index is 0.168. The molecule has 0 radical (unpaired) electrons. The molecule has 3 saturated heterocycles. The first-order chi connectivity index (χ1) is 9.75. The van der Waals surface area contributed by atoms with Crippen LogP contribution in [0.2, 0.25) is 0 Å². The molecule has 0 aromatic carbocycles. The largest absolute Gasteiger partial charge is 0.339 e. The van der Waals surface area contributed by atoms with Crippen LogP contribution in [0.1, 0.15) is 25.7 Å². The summed E-state index contributed by atoms with van der Waals surface area (Å²) in [6.07, 6.45) is 4.65. The summed E-state index contributed by atoms with van der Waals surface area (Å²) < 4.78 is 0. The van der Waals surface area contributed by atoms with Crippen LogP contribution in [0.15, 0.2) is 0 Å². The summed E-state index contributed by atoms with van der Waals surface area (Å²) in [6.45, 7) is 7.19. The minimum Gasteiger partial charge on any atom is -0.339 e. The van der Waals surface area contributed by atoms with Crippen LogP contribution in [0, 0.1) is 0 Å². The van der Waals surface area contributed by atoms with Gasteiger partial charge >= 0.3 is 0 Å². The van der Waals surface area contributed by atoms with Crippen molar-refractivity contribution in [1.82, 2.24) is 20.0 Å². The quantitative estimate of drug-likeness (QED) is 0.771. The molecule has 5 nitrogen and oxygen atoms in total. The fourth-order valence-corrected chi connectivity index (χ4v) is 3.87. The first-order valence-corrected chi connectivity index (χ1v) is 8.19. The number of nitrogens with one attached hydrogen (secondary N) is 1. The SMILES string of the molecule is CN1CCN(C(=O)C2CCCN2C2CCNCC2)CC1. The van der Waals surface area contributed by atoms with E-state index in [4.69, 9.17) is 0 Å². The van der Waals surface area contributed by atoms with Gasteiger partial charge in [0.1, 0.15) is 0 Å². The van der Waals surface area contributed by atoms with Crippen LogP contribution in [0.25, 0.3) is 0 Å². The molecular formula is C15H28N4O. The highest BCUT2D eigenvalue weighted by Gasteiger charge is 2.38. The predicted octanol–water partition coefficient (Wildman–Crippen LogP) is -0.0232. The Hall–Kier alpha value is -0.650. The summed E-state index contributed by atoms with van der Waals surface area (Å²) >= 11 is 0. The zero-order chi connectivity index (χ0) is 13.9. The van der Waals surface area contributed by atoms with Crippen molar-refractivity contribution in [2.45, 2.75) is 37.8 Å². The lowest BCUT2D eigenvalue weighted by Crippen LogP contribution is -2.55. The van der Waals surface area contributed by atoms with Gasteiger partial charge < -0.3 is 15.1 Å². The van der Waals surface area contributed by atoms with Crippen molar-refractivity contribution >= 4 is 5.91 Å². The number of amides is 1. The zero-order valence-electron chi connectivity index (χ0n) is 12.7. The summed E-state index contributed by atoms with van der Waals surface area (Å²) in [5, 5.41) is 3.42. The van der Waals surface area contributed by atoms with Gasteiger partial charge in [-0.2, -0.15) is 0 Å². The molecule has 0 saturated carbocycles. The molecule has 114 valence electrons. The molecule has 3 aliphatic rings. The topological polar surface area (TPSA) is 38.8 Å². The summed E-state index contributed by atoms with van der Waals surface area (Å²) in [7, 11) is 2.14. The van der Waals surface area contributed by atoms with E-state index in [9.17, 15) is 4.79 Å². The number of piperidine rings is 1. The molecule has 0 aromatic rings. The zero-order valence-corrected chi connectivity index (χ0v) is 12.7. The van der Waals surface area contributed by atoms with Crippen LogP contribution in [0.5, 0.6) is 0 Å². The maximum absolute atomic E-state index is 12.8.